The number of hydrogen-bond donors (Lipinski definition) is 0. The molecule has 0 fully saturated rings. The van der Waals surface area contributed by atoms with E-state index in [4.69, 9.17) is 42.6 Å². The van der Waals surface area contributed by atoms with E-state index in [0.29, 0.717) is 27.9 Å². The Labute approximate surface area is 227 Å². The van der Waals surface area contributed by atoms with Crippen molar-refractivity contribution in [2.45, 2.75) is 59.6 Å². The number of fused-ring (bicyclic) bond motifs is 1. The molecule has 0 N–H and O–H groups in total. The van der Waals surface area contributed by atoms with E-state index in [1.165, 1.54) is 7.11 Å². The number of esters is 1. The van der Waals surface area contributed by atoms with Crippen LogP contribution in [-0.4, -0.2) is 27.6 Å². The molecule has 1 atom stereocenters. The largest absolute Gasteiger partial charge is 0.472 e. The molecule has 0 saturated heterocycles. The number of methoxy groups -OCH3 is 1. The lowest BCUT2D eigenvalue weighted by atomic mass is 10.0. The minimum Gasteiger partial charge on any atom is -0.472 e. The summed E-state index contributed by atoms with van der Waals surface area (Å²) in [5.74, 6) is 0.911. The molecule has 37 heavy (non-hydrogen) atoms. The van der Waals surface area contributed by atoms with E-state index in [9.17, 15) is 4.79 Å². The summed E-state index contributed by atoms with van der Waals surface area (Å²) >= 11 is 13.0. The number of rotatable bonds is 9. The monoisotopic (exact) mass is 539 g/mol. The van der Waals surface area contributed by atoms with Crippen LogP contribution in [-0.2, 0) is 28.9 Å². The Morgan fingerprint density at radius 3 is 2.54 bits per heavy atom. The molecular weight excluding hydrogens is 509 g/mol. The van der Waals surface area contributed by atoms with Crippen molar-refractivity contribution in [3.8, 4) is 5.75 Å². The number of hydrogen-bond acceptors (Lipinski definition) is 5. The molecule has 0 amide bonds. The highest BCUT2D eigenvalue weighted by molar-refractivity contribution is 6.32. The summed E-state index contributed by atoms with van der Waals surface area (Å²) in [5.41, 5.74) is 6.38. The zero-order chi connectivity index (χ0) is 26.7. The van der Waals surface area contributed by atoms with Gasteiger partial charge in [0, 0.05) is 22.7 Å². The number of benzene rings is 2. The Hall–Kier alpha value is -3.09. The van der Waals surface area contributed by atoms with E-state index < -0.39 is 12.1 Å². The first-order chi connectivity index (χ1) is 17.7. The maximum Gasteiger partial charge on any atom is 0.351 e. The van der Waals surface area contributed by atoms with Crippen molar-refractivity contribution in [1.82, 2.24) is 14.5 Å². The fraction of sp³-hybridized carbons (Fsp3) is 0.345. The number of ether oxygens (including phenoxy) is 2. The average molecular weight is 540 g/mol. The van der Waals surface area contributed by atoms with Crippen molar-refractivity contribution in [3.05, 3.63) is 86.3 Å². The topological polar surface area (TPSA) is 66.2 Å². The Balaban J connectivity index is 1.76. The normalized spacial score (nSPS) is 12.1. The first kappa shape index (κ1) is 27.0. The lowest BCUT2D eigenvalue weighted by Crippen LogP contribution is -2.21. The molecule has 0 bridgehead atoms. The molecule has 0 spiro atoms. The number of halogens is 2. The van der Waals surface area contributed by atoms with Crippen LogP contribution in [0.15, 0.2) is 42.5 Å². The minimum absolute atomic E-state index is 0.430. The summed E-state index contributed by atoms with van der Waals surface area (Å²) in [6.45, 7) is 8.81. The molecule has 0 aliphatic heterocycles. The molecule has 0 aliphatic carbocycles. The molecule has 8 heteroatoms. The Kier molecular flexibility index (Phi) is 8.40. The van der Waals surface area contributed by atoms with Gasteiger partial charge in [-0.25, -0.2) is 14.8 Å². The van der Waals surface area contributed by atoms with Crippen molar-refractivity contribution in [2.75, 3.05) is 7.11 Å². The van der Waals surface area contributed by atoms with Gasteiger partial charge in [-0.3, -0.25) is 0 Å². The van der Waals surface area contributed by atoms with Gasteiger partial charge in [-0.1, -0.05) is 61.7 Å². The highest BCUT2D eigenvalue weighted by atomic mass is 35.5. The molecular formula is C29H31Cl2N3O3. The van der Waals surface area contributed by atoms with Gasteiger partial charge in [0.05, 0.1) is 18.7 Å². The molecule has 0 saturated carbocycles. The Morgan fingerprint density at radius 1 is 1.08 bits per heavy atom. The third-order valence-electron chi connectivity index (χ3n) is 6.26. The Bertz CT molecular complexity index is 1450. The van der Waals surface area contributed by atoms with Crippen LogP contribution < -0.4 is 4.74 Å². The van der Waals surface area contributed by atoms with Crippen molar-refractivity contribution in [2.24, 2.45) is 0 Å². The third kappa shape index (κ3) is 5.76. The zero-order valence-corrected chi connectivity index (χ0v) is 23.3. The van der Waals surface area contributed by atoms with Crippen LogP contribution in [0, 0.1) is 13.8 Å². The highest BCUT2D eigenvalue weighted by Crippen LogP contribution is 2.36. The second kappa shape index (κ2) is 11.5. The molecule has 0 aliphatic rings. The number of aromatic nitrogens is 3. The second-order valence-corrected chi connectivity index (χ2v) is 9.96. The van der Waals surface area contributed by atoms with Crippen LogP contribution in [0.25, 0.3) is 11.2 Å². The number of aryl methyl sites for hydroxylation is 4. The van der Waals surface area contributed by atoms with Crippen LogP contribution in [0.4, 0.5) is 0 Å². The average Bonchev–Trinajstić information content (AvgIpc) is 3.21. The van der Waals surface area contributed by atoms with Gasteiger partial charge in [0.2, 0.25) is 6.10 Å². The summed E-state index contributed by atoms with van der Waals surface area (Å²) in [6, 6.07) is 13.0. The first-order valence-corrected chi connectivity index (χ1v) is 13.2. The van der Waals surface area contributed by atoms with Gasteiger partial charge in [-0.05, 0) is 61.2 Å². The zero-order valence-electron chi connectivity index (χ0n) is 21.8. The quantitative estimate of drug-likeness (QED) is 0.210. The van der Waals surface area contributed by atoms with E-state index in [0.717, 1.165) is 58.6 Å². The molecule has 4 rings (SSSR count). The predicted octanol–water partition coefficient (Wildman–Crippen LogP) is 7.21. The van der Waals surface area contributed by atoms with Gasteiger partial charge in [0.1, 0.15) is 17.1 Å². The van der Waals surface area contributed by atoms with E-state index in [1.807, 2.05) is 13.0 Å². The van der Waals surface area contributed by atoms with Crippen molar-refractivity contribution < 1.29 is 14.3 Å². The molecule has 1 unspecified atom stereocenters. The fourth-order valence-electron chi connectivity index (χ4n) is 4.60. The maximum absolute atomic E-state index is 12.7. The van der Waals surface area contributed by atoms with E-state index in [-0.39, 0.29) is 0 Å². The van der Waals surface area contributed by atoms with Crippen LogP contribution in [0.2, 0.25) is 10.0 Å². The summed E-state index contributed by atoms with van der Waals surface area (Å²) < 4.78 is 13.4. The summed E-state index contributed by atoms with van der Waals surface area (Å²) in [6.07, 6.45) is 1.40. The number of carbonyl (C=O) groups is 1. The van der Waals surface area contributed by atoms with Gasteiger partial charge in [0.15, 0.2) is 5.65 Å². The Morgan fingerprint density at radius 2 is 1.86 bits per heavy atom. The van der Waals surface area contributed by atoms with Gasteiger partial charge in [-0.2, -0.15) is 0 Å². The van der Waals surface area contributed by atoms with Crippen LogP contribution in [0.3, 0.4) is 0 Å². The minimum atomic E-state index is -0.998. The fourth-order valence-corrected chi connectivity index (χ4v) is 5.11. The molecule has 4 aromatic rings. The van der Waals surface area contributed by atoms with Crippen LogP contribution in [0.5, 0.6) is 5.75 Å². The number of carbonyl (C=O) groups excluding carboxylic acids is 1. The maximum atomic E-state index is 12.7. The highest BCUT2D eigenvalue weighted by Gasteiger charge is 2.26. The predicted molar refractivity (Wildman–Crippen MR) is 148 cm³/mol. The number of nitrogens with zero attached hydrogens (tertiary/aromatic N) is 3. The molecule has 0 radical (unpaired) electrons. The lowest BCUT2D eigenvalue weighted by Gasteiger charge is -2.21. The van der Waals surface area contributed by atoms with Crippen LogP contribution >= 0.6 is 23.2 Å². The van der Waals surface area contributed by atoms with E-state index in [2.05, 4.69) is 37.5 Å². The molecule has 6 nitrogen and oxygen atoms in total. The van der Waals surface area contributed by atoms with Crippen molar-refractivity contribution in [3.63, 3.8) is 0 Å². The van der Waals surface area contributed by atoms with Gasteiger partial charge in [0.25, 0.3) is 0 Å². The smallest absolute Gasteiger partial charge is 0.351 e. The van der Waals surface area contributed by atoms with Gasteiger partial charge >= 0.3 is 5.97 Å². The molecule has 2 heterocycles. The molecule has 2 aromatic heterocycles. The van der Waals surface area contributed by atoms with Gasteiger partial charge in [-0.15, -0.1) is 0 Å². The van der Waals surface area contributed by atoms with Crippen LogP contribution in [0.1, 0.15) is 60.1 Å². The summed E-state index contributed by atoms with van der Waals surface area (Å²) in [7, 11) is 1.33. The van der Waals surface area contributed by atoms with Crippen molar-refractivity contribution in [1.29, 1.82) is 0 Å². The van der Waals surface area contributed by atoms with Crippen molar-refractivity contribution >= 4 is 40.3 Å². The number of imidazole rings is 1. The lowest BCUT2D eigenvalue weighted by molar-refractivity contribution is -0.149. The second-order valence-electron chi connectivity index (χ2n) is 9.11. The SMILES string of the molecule is CCCc1cc(Cn2c(CC)nc3c(C)cc(C)nc32)cc(Cl)c1OC(C(=O)OC)c1cccc(Cl)c1. The molecule has 194 valence electrons. The first-order valence-electron chi connectivity index (χ1n) is 12.4. The van der Waals surface area contributed by atoms with E-state index in [1.54, 1.807) is 24.3 Å². The van der Waals surface area contributed by atoms with E-state index >= 15 is 0 Å². The third-order valence-corrected chi connectivity index (χ3v) is 6.78. The summed E-state index contributed by atoms with van der Waals surface area (Å²) in [5, 5.41) is 0.934. The molecule has 2 aromatic carbocycles. The standard InChI is InChI=1S/C29H31Cl2N3O3/c1-6-9-20-13-19(16-34-24(7-2)33-25-17(3)12-18(4)32-28(25)34)14-23(31)26(20)37-27(29(35)36-5)21-10-8-11-22(30)15-21/h8,10-15,27H,6-7,9,16H2,1-5H3. The summed E-state index contributed by atoms with van der Waals surface area (Å²) in [4.78, 5) is 22.3. The number of pyridine rings is 1. The van der Waals surface area contributed by atoms with Gasteiger partial charge < -0.3 is 14.0 Å².